The number of amides is 1. The molecule has 0 saturated carbocycles. The van der Waals surface area contributed by atoms with E-state index in [-0.39, 0.29) is 18.1 Å². The number of rotatable bonds is 7. The van der Waals surface area contributed by atoms with E-state index in [0.29, 0.717) is 28.2 Å². The lowest BCUT2D eigenvalue weighted by Gasteiger charge is -2.17. The van der Waals surface area contributed by atoms with Crippen LogP contribution < -0.4 is 10.3 Å². The number of benzene rings is 2. The standard InChI is InChI=1S/C21H19ClN2O5/c1-24(10-11-28-15-8-6-14(22)7-9-15)20(26)13-29-21(27)17-12-19(25)23-18-5-3-2-4-16(17)18/h2-9,12H,10-11,13H2,1H3,(H,23,25). The van der Waals surface area contributed by atoms with Gasteiger partial charge in [-0.05, 0) is 30.3 Å². The Hall–Kier alpha value is -3.32. The van der Waals surface area contributed by atoms with Gasteiger partial charge in [0.1, 0.15) is 12.4 Å². The largest absolute Gasteiger partial charge is 0.492 e. The third-order valence-electron chi connectivity index (χ3n) is 4.23. The molecule has 7 nitrogen and oxygen atoms in total. The minimum Gasteiger partial charge on any atom is -0.492 e. The number of aromatic amines is 1. The van der Waals surface area contributed by atoms with Gasteiger partial charge in [-0.25, -0.2) is 4.79 Å². The smallest absolute Gasteiger partial charge is 0.339 e. The van der Waals surface area contributed by atoms with E-state index in [1.54, 1.807) is 55.6 Å². The van der Waals surface area contributed by atoms with Crippen LogP contribution in [0.25, 0.3) is 10.9 Å². The van der Waals surface area contributed by atoms with E-state index in [1.165, 1.54) is 11.0 Å². The van der Waals surface area contributed by atoms with Crippen LogP contribution in [0, 0.1) is 0 Å². The van der Waals surface area contributed by atoms with Crippen LogP contribution >= 0.6 is 11.6 Å². The predicted molar refractivity (Wildman–Crippen MR) is 109 cm³/mol. The fourth-order valence-electron chi connectivity index (χ4n) is 2.64. The van der Waals surface area contributed by atoms with Gasteiger partial charge in [-0.3, -0.25) is 9.59 Å². The zero-order valence-electron chi connectivity index (χ0n) is 15.7. The zero-order valence-corrected chi connectivity index (χ0v) is 16.4. The Labute approximate surface area is 171 Å². The fraction of sp³-hybridized carbons (Fsp3) is 0.190. The van der Waals surface area contributed by atoms with Crippen molar-refractivity contribution in [2.24, 2.45) is 0 Å². The molecule has 3 rings (SSSR count). The number of para-hydroxylation sites is 1. The van der Waals surface area contributed by atoms with E-state index in [4.69, 9.17) is 21.1 Å². The van der Waals surface area contributed by atoms with Crippen molar-refractivity contribution in [3.63, 3.8) is 0 Å². The molecule has 1 heterocycles. The molecule has 3 aromatic rings. The quantitative estimate of drug-likeness (QED) is 0.600. The molecule has 1 N–H and O–H groups in total. The maximum Gasteiger partial charge on any atom is 0.339 e. The van der Waals surface area contributed by atoms with Crippen molar-refractivity contribution in [1.82, 2.24) is 9.88 Å². The fourth-order valence-corrected chi connectivity index (χ4v) is 2.77. The Morgan fingerprint density at radius 2 is 1.83 bits per heavy atom. The number of carbonyl (C=O) groups is 2. The summed E-state index contributed by atoms with van der Waals surface area (Å²) >= 11 is 5.81. The molecule has 29 heavy (non-hydrogen) atoms. The lowest BCUT2D eigenvalue weighted by atomic mass is 10.1. The Morgan fingerprint density at radius 3 is 2.59 bits per heavy atom. The molecular weight excluding hydrogens is 396 g/mol. The molecular formula is C21H19ClN2O5. The highest BCUT2D eigenvalue weighted by atomic mass is 35.5. The van der Waals surface area contributed by atoms with Crippen molar-refractivity contribution in [3.8, 4) is 5.75 Å². The number of esters is 1. The molecule has 0 saturated heterocycles. The second-order valence-electron chi connectivity index (χ2n) is 6.29. The van der Waals surface area contributed by atoms with Crippen LogP contribution in [0.2, 0.25) is 5.02 Å². The molecule has 0 aliphatic rings. The van der Waals surface area contributed by atoms with Gasteiger partial charge >= 0.3 is 5.97 Å². The Bertz CT molecular complexity index is 1080. The normalized spacial score (nSPS) is 10.6. The van der Waals surface area contributed by atoms with Crippen LogP contribution in [0.3, 0.4) is 0 Å². The molecule has 8 heteroatoms. The second-order valence-corrected chi connectivity index (χ2v) is 6.72. The van der Waals surface area contributed by atoms with E-state index in [2.05, 4.69) is 4.98 Å². The average Bonchev–Trinajstić information content (AvgIpc) is 2.72. The van der Waals surface area contributed by atoms with Crippen LogP contribution in [-0.2, 0) is 9.53 Å². The number of pyridine rings is 1. The number of nitrogens with zero attached hydrogens (tertiary/aromatic N) is 1. The third kappa shape index (κ3) is 5.36. The average molecular weight is 415 g/mol. The van der Waals surface area contributed by atoms with Gasteiger partial charge in [-0.15, -0.1) is 0 Å². The molecule has 0 aliphatic carbocycles. The van der Waals surface area contributed by atoms with Crippen molar-refractivity contribution in [2.75, 3.05) is 26.8 Å². The summed E-state index contributed by atoms with van der Waals surface area (Å²) in [5.74, 6) is -0.471. The van der Waals surface area contributed by atoms with Gasteiger partial charge in [-0.1, -0.05) is 29.8 Å². The second kappa shape index (κ2) is 9.25. The van der Waals surface area contributed by atoms with Gasteiger partial charge in [0.25, 0.3) is 5.91 Å². The lowest BCUT2D eigenvalue weighted by Crippen LogP contribution is -2.34. The SMILES string of the molecule is CN(CCOc1ccc(Cl)cc1)C(=O)COC(=O)c1cc(=O)[nH]c2ccccc12. The number of carbonyl (C=O) groups excluding carboxylic acids is 2. The first-order valence-corrected chi connectivity index (χ1v) is 9.23. The first kappa shape index (κ1) is 20.4. The van der Waals surface area contributed by atoms with E-state index in [9.17, 15) is 14.4 Å². The number of likely N-dealkylation sites (N-methyl/N-ethyl adjacent to an activating group) is 1. The minimum absolute atomic E-state index is 0.117. The summed E-state index contributed by atoms with van der Waals surface area (Å²) in [5, 5.41) is 1.16. The number of hydrogen-bond donors (Lipinski definition) is 1. The van der Waals surface area contributed by atoms with Crippen molar-refractivity contribution in [1.29, 1.82) is 0 Å². The molecule has 2 aromatic carbocycles. The summed E-state index contributed by atoms with van der Waals surface area (Å²) in [6.45, 7) is 0.154. The Morgan fingerprint density at radius 1 is 1.10 bits per heavy atom. The van der Waals surface area contributed by atoms with Crippen molar-refractivity contribution < 1.29 is 19.1 Å². The number of halogens is 1. The summed E-state index contributed by atoms with van der Waals surface area (Å²) in [5.41, 5.74) is 0.221. The van der Waals surface area contributed by atoms with Crippen molar-refractivity contribution >= 4 is 34.4 Å². The van der Waals surface area contributed by atoms with E-state index in [1.807, 2.05) is 0 Å². The summed E-state index contributed by atoms with van der Waals surface area (Å²) in [6, 6.07) is 14.9. The van der Waals surface area contributed by atoms with Crippen LogP contribution in [0.4, 0.5) is 0 Å². The Balaban J connectivity index is 1.52. The van der Waals surface area contributed by atoms with E-state index >= 15 is 0 Å². The lowest BCUT2D eigenvalue weighted by molar-refractivity contribution is -0.133. The molecule has 0 spiro atoms. The van der Waals surface area contributed by atoms with Gasteiger partial charge in [-0.2, -0.15) is 0 Å². The molecule has 150 valence electrons. The molecule has 0 atom stereocenters. The molecule has 0 unspecified atom stereocenters. The number of H-pyrrole nitrogens is 1. The van der Waals surface area contributed by atoms with Gasteiger partial charge < -0.3 is 19.4 Å². The summed E-state index contributed by atoms with van der Waals surface area (Å²) in [7, 11) is 1.59. The van der Waals surface area contributed by atoms with Gasteiger partial charge in [0, 0.05) is 29.0 Å². The number of ether oxygens (including phenoxy) is 2. The number of aromatic nitrogens is 1. The topological polar surface area (TPSA) is 88.7 Å². The minimum atomic E-state index is -0.730. The molecule has 0 bridgehead atoms. The van der Waals surface area contributed by atoms with E-state index < -0.39 is 18.1 Å². The predicted octanol–water partition coefficient (Wildman–Crippen LogP) is 2.88. The van der Waals surface area contributed by atoms with E-state index in [0.717, 1.165) is 0 Å². The number of hydrogen-bond acceptors (Lipinski definition) is 5. The highest BCUT2D eigenvalue weighted by molar-refractivity contribution is 6.30. The third-order valence-corrected chi connectivity index (χ3v) is 4.48. The van der Waals surface area contributed by atoms with Gasteiger partial charge in [0.2, 0.25) is 5.56 Å². The van der Waals surface area contributed by atoms with Crippen molar-refractivity contribution in [3.05, 3.63) is 75.5 Å². The molecule has 0 fully saturated rings. The maximum absolute atomic E-state index is 12.4. The molecule has 0 aliphatic heterocycles. The first-order chi connectivity index (χ1) is 13.9. The maximum atomic E-state index is 12.4. The van der Waals surface area contributed by atoms with Crippen molar-refractivity contribution in [2.45, 2.75) is 0 Å². The Kier molecular flexibility index (Phi) is 6.51. The number of fused-ring (bicyclic) bond motifs is 1. The molecule has 0 radical (unpaired) electrons. The van der Waals surface area contributed by atoms with Gasteiger partial charge in [0.15, 0.2) is 6.61 Å². The zero-order chi connectivity index (χ0) is 20.8. The van der Waals surface area contributed by atoms with Crippen LogP contribution in [0.1, 0.15) is 10.4 Å². The van der Waals surface area contributed by atoms with Crippen LogP contribution in [-0.4, -0.2) is 48.6 Å². The van der Waals surface area contributed by atoms with Gasteiger partial charge in [0.05, 0.1) is 12.1 Å². The first-order valence-electron chi connectivity index (χ1n) is 8.85. The highest BCUT2D eigenvalue weighted by Crippen LogP contribution is 2.16. The summed E-state index contributed by atoms with van der Waals surface area (Å²) in [4.78, 5) is 40.4. The monoisotopic (exact) mass is 414 g/mol. The number of nitrogens with one attached hydrogen (secondary N) is 1. The molecule has 1 aromatic heterocycles. The van der Waals surface area contributed by atoms with Crippen LogP contribution in [0.5, 0.6) is 5.75 Å². The summed E-state index contributed by atoms with van der Waals surface area (Å²) < 4.78 is 10.7. The summed E-state index contributed by atoms with van der Waals surface area (Å²) in [6.07, 6.45) is 0. The highest BCUT2D eigenvalue weighted by Gasteiger charge is 2.16. The molecule has 1 amide bonds. The van der Waals surface area contributed by atoms with Crippen LogP contribution in [0.15, 0.2) is 59.4 Å².